The number of aryl methyl sites for hydroxylation is 2. The fourth-order valence-electron chi connectivity index (χ4n) is 2.40. The molecule has 7 nitrogen and oxygen atoms in total. The van der Waals surface area contributed by atoms with Gasteiger partial charge in [0.15, 0.2) is 0 Å². The van der Waals surface area contributed by atoms with E-state index in [4.69, 9.17) is 14.4 Å². The third kappa shape index (κ3) is 4.37. The lowest BCUT2D eigenvalue weighted by Gasteiger charge is -2.21. The first kappa shape index (κ1) is 18.5. The summed E-state index contributed by atoms with van der Waals surface area (Å²) in [5.41, 5.74) is 1.97. The lowest BCUT2D eigenvalue weighted by molar-refractivity contribution is -0.141. The zero-order valence-electron chi connectivity index (χ0n) is 14.8. The van der Waals surface area contributed by atoms with Gasteiger partial charge >= 0.3 is 5.97 Å². The van der Waals surface area contributed by atoms with Gasteiger partial charge in [0.2, 0.25) is 0 Å². The Balaban J connectivity index is 2.14. The van der Waals surface area contributed by atoms with Crippen LogP contribution in [0.4, 0.5) is 0 Å². The molecule has 0 bridgehead atoms. The van der Waals surface area contributed by atoms with Crippen molar-refractivity contribution in [3.05, 3.63) is 46.8 Å². The maximum atomic E-state index is 12.6. The second kappa shape index (κ2) is 7.83. The van der Waals surface area contributed by atoms with Gasteiger partial charge in [-0.05, 0) is 26.0 Å². The van der Waals surface area contributed by atoms with E-state index in [1.54, 1.807) is 45.2 Å². The molecule has 1 amide bonds. The number of hydrogen-bond acceptors (Lipinski definition) is 5. The summed E-state index contributed by atoms with van der Waals surface area (Å²) in [6.45, 7) is 5.54. The number of carboxylic acid groups (broad SMARTS) is 1. The summed E-state index contributed by atoms with van der Waals surface area (Å²) in [4.78, 5) is 25.0. The second-order valence-corrected chi connectivity index (χ2v) is 6.01. The molecule has 0 aliphatic carbocycles. The summed E-state index contributed by atoms with van der Waals surface area (Å²) in [7, 11) is 1.58. The first-order valence-corrected chi connectivity index (χ1v) is 7.93. The molecular weight excluding hydrogens is 324 g/mol. The monoisotopic (exact) mass is 346 g/mol. The number of nitrogens with zero attached hydrogens (tertiary/aromatic N) is 2. The van der Waals surface area contributed by atoms with Gasteiger partial charge in [0.05, 0.1) is 22.7 Å². The van der Waals surface area contributed by atoms with Crippen LogP contribution in [0.3, 0.4) is 0 Å². The summed E-state index contributed by atoms with van der Waals surface area (Å²) in [5, 5.41) is 12.9. The Bertz CT molecular complexity index is 749. The first-order valence-electron chi connectivity index (χ1n) is 7.93. The van der Waals surface area contributed by atoms with E-state index in [2.05, 4.69) is 5.16 Å². The molecule has 2 rings (SSSR count). The van der Waals surface area contributed by atoms with Crippen LogP contribution in [-0.4, -0.2) is 40.6 Å². The van der Waals surface area contributed by atoms with E-state index in [0.717, 1.165) is 11.3 Å². The van der Waals surface area contributed by atoms with E-state index < -0.39 is 11.9 Å². The van der Waals surface area contributed by atoms with Gasteiger partial charge in [-0.2, -0.15) is 0 Å². The molecule has 134 valence electrons. The van der Waals surface area contributed by atoms with Gasteiger partial charge < -0.3 is 19.3 Å². The molecule has 0 aliphatic heterocycles. The highest BCUT2D eigenvalue weighted by atomic mass is 16.5. The Hall–Kier alpha value is -2.83. The van der Waals surface area contributed by atoms with Crippen molar-refractivity contribution < 1.29 is 24.0 Å². The third-order valence-electron chi connectivity index (χ3n) is 3.99. The lowest BCUT2D eigenvalue weighted by atomic mass is 10.1. The number of carboxylic acids is 1. The van der Waals surface area contributed by atoms with Crippen molar-refractivity contribution in [2.75, 3.05) is 13.6 Å². The molecule has 1 atom stereocenters. The number of amides is 1. The molecule has 1 aromatic heterocycles. The normalized spacial score (nSPS) is 11.8. The van der Waals surface area contributed by atoms with Crippen molar-refractivity contribution in [3.63, 3.8) is 0 Å². The molecular formula is C18H22N2O5. The van der Waals surface area contributed by atoms with Gasteiger partial charge in [-0.3, -0.25) is 9.59 Å². The van der Waals surface area contributed by atoms with Crippen LogP contribution < -0.4 is 4.74 Å². The number of aliphatic carboxylic acids is 1. The molecule has 0 saturated carbocycles. The van der Waals surface area contributed by atoms with Crippen LogP contribution in [0.25, 0.3) is 0 Å². The molecule has 7 heteroatoms. The summed E-state index contributed by atoms with van der Waals surface area (Å²) in [5.74, 6) is -0.773. The van der Waals surface area contributed by atoms with Crippen molar-refractivity contribution in [2.45, 2.75) is 27.4 Å². The zero-order chi connectivity index (χ0) is 18.6. The predicted molar refractivity (Wildman–Crippen MR) is 90.5 cm³/mol. The Morgan fingerprint density at radius 1 is 1.32 bits per heavy atom. The van der Waals surface area contributed by atoms with Gasteiger partial charge in [-0.1, -0.05) is 24.2 Å². The number of hydrogen-bond donors (Lipinski definition) is 1. The lowest BCUT2D eigenvalue weighted by Crippen LogP contribution is -2.33. The fraction of sp³-hybridized carbons (Fsp3) is 0.389. The molecule has 0 fully saturated rings. The molecule has 1 aromatic carbocycles. The number of carbonyl (C=O) groups excluding carboxylic acids is 1. The third-order valence-corrected chi connectivity index (χ3v) is 3.99. The molecule has 0 saturated heterocycles. The van der Waals surface area contributed by atoms with Crippen LogP contribution in [0, 0.1) is 19.8 Å². The number of para-hydroxylation sites is 1. The number of ether oxygens (including phenoxy) is 1. The first-order chi connectivity index (χ1) is 11.8. The van der Waals surface area contributed by atoms with E-state index in [-0.39, 0.29) is 19.1 Å². The van der Waals surface area contributed by atoms with Gasteiger partial charge in [-0.15, -0.1) is 0 Å². The van der Waals surface area contributed by atoms with Crippen LogP contribution in [0.5, 0.6) is 5.75 Å². The average molecular weight is 346 g/mol. The van der Waals surface area contributed by atoms with Crippen molar-refractivity contribution in [1.82, 2.24) is 10.1 Å². The minimum atomic E-state index is -0.942. The standard InChI is InChI=1S/C18H22N2O5/c1-11(18(22)23)9-20(4)17(21)14-7-5-6-8-16(14)24-10-15-12(2)19-25-13(15)3/h5-8,11H,9-10H2,1-4H3,(H,22,23). The van der Waals surface area contributed by atoms with Crippen LogP contribution in [0.2, 0.25) is 0 Å². The molecule has 1 heterocycles. The molecule has 0 aliphatic rings. The molecule has 25 heavy (non-hydrogen) atoms. The number of carbonyl (C=O) groups is 2. The molecule has 2 aromatic rings. The number of aromatic nitrogens is 1. The van der Waals surface area contributed by atoms with E-state index in [9.17, 15) is 9.59 Å². The second-order valence-electron chi connectivity index (χ2n) is 6.01. The Morgan fingerprint density at radius 2 is 2.00 bits per heavy atom. The van der Waals surface area contributed by atoms with E-state index in [1.807, 2.05) is 6.92 Å². The fourth-order valence-corrected chi connectivity index (χ4v) is 2.40. The zero-order valence-corrected chi connectivity index (χ0v) is 14.8. The van der Waals surface area contributed by atoms with Gasteiger partial charge in [0.1, 0.15) is 18.1 Å². The summed E-state index contributed by atoms with van der Waals surface area (Å²) in [6.07, 6.45) is 0. The van der Waals surface area contributed by atoms with Crippen LogP contribution in [0.1, 0.15) is 34.3 Å². The number of benzene rings is 1. The molecule has 0 spiro atoms. The Morgan fingerprint density at radius 3 is 2.60 bits per heavy atom. The minimum absolute atomic E-state index is 0.117. The molecule has 0 radical (unpaired) electrons. The van der Waals surface area contributed by atoms with Gasteiger partial charge in [0, 0.05) is 13.6 Å². The maximum absolute atomic E-state index is 12.6. The minimum Gasteiger partial charge on any atom is -0.488 e. The summed E-state index contributed by atoms with van der Waals surface area (Å²) >= 11 is 0. The van der Waals surface area contributed by atoms with Crippen molar-refractivity contribution >= 4 is 11.9 Å². The van der Waals surface area contributed by atoms with Crippen molar-refractivity contribution in [1.29, 1.82) is 0 Å². The van der Waals surface area contributed by atoms with Gasteiger partial charge in [0.25, 0.3) is 5.91 Å². The van der Waals surface area contributed by atoms with Crippen LogP contribution >= 0.6 is 0 Å². The van der Waals surface area contributed by atoms with E-state index >= 15 is 0 Å². The summed E-state index contributed by atoms with van der Waals surface area (Å²) in [6, 6.07) is 6.89. The topological polar surface area (TPSA) is 92.9 Å². The SMILES string of the molecule is Cc1noc(C)c1COc1ccccc1C(=O)N(C)CC(C)C(=O)O. The Labute approximate surface area is 146 Å². The smallest absolute Gasteiger partial charge is 0.308 e. The average Bonchev–Trinajstić information content (AvgIpc) is 2.90. The quantitative estimate of drug-likeness (QED) is 0.828. The predicted octanol–water partition coefficient (Wildman–Crippen LogP) is 2.66. The number of rotatable bonds is 7. The van der Waals surface area contributed by atoms with Crippen LogP contribution in [0.15, 0.2) is 28.8 Å². The van der Waals surface area contributed by atoms with Crippen molar-refractivity contribution in [2.24, 2.45) is 5.92 Å². The summed E-state index contributed by atoms with van der Waals surface area (Å²) < 4.78 is 10.9. The highest BCUT2D eigenvalue weighted by Gasteiger charge is 2.21. The van der Waals surface area contributed by atoms with E-state index in [1.165, 1.54) is 4.90 Å². The molecule has 1 N–H and O–H groups in total. The highest BCUT2D eigenvalue weighted by molar-refractivity contribution is 5.97. The van der Waals surface area contributed by atoms with Crippen LogP contribution in [-0.2, 0) is 11.4 Å². The maximum Gasteiger partial charge on any atom is 0.308 e. The van der Waals surface area contributed by atoms with E-state index in [0.29, 0.717) is 17.1 Å². The highest BCUT2D eigenvalue weighted by Crippen LogP contribution is 2.23. The molecule has 1 unspecified atom stereocenters. The Kier molecular flexibility index (Phi) is 5.80. The van der Waals surface area contributed by atoms with Gasteiger partial charge in [-0.25, -0.2) is 0 Å². The van der Waals surface area contributed by atoms with Crippen molar-refractivity contribution in [3.8, 4) is 5.75 Å². The largest absolute Gasteiger partial charge is 0.488 e.